The summed E-state index contributed by atoms with van der Waals surface area (Å²) in [4.78, 5) is 62.2. The van der Waals surface area contributed by atoms with Crippen LogP contribution in [0, 0.1) is 13.8 Å². The van der Waals surface area contributed by atoms with E-state index in [-0.39, 0.29) is 16.9 Å². The number of hydrogen-bond donors (Lipinski definition) is 3. The molecule has 0 aliphatic rings. The van der Waals surface area contributed by atoms with E-state index in [0.717, 1.165) is 11.1 Å². The van der Waals surface area contributed by atoms with E-state index in [4.69, 9.17) is 13.9 Å². The fourth-order valence-electron chi connectivity index (χ4n) is 2.90. The van der Waals surface area contributed by atoms with Crippen molar-refractivity contribution in [2.75, 3.05) is 0 Å². The standard InChI is InChI=1S/C25H22N2O9/c1-14-5-9-16(10-6-14)24(32)35-19(22(29)27-26-21(28)18-4-3-13-34-18)20(23(30)31)36-25(33)17-11-7-15(2)8-12-17/h3-13,19-20H,1-2H3,(H,26,28)(H,27,29)(H,30,31)/t19-,20-/m1/s1. The van der Waals surface area contributed by atoms with Gasteiger partial charge in [-0.3, -0.25) is 20.4 Å². The van der Waals surface area contributed by atoms with E-state index in [9.17, 15) is 29.1 Å². The normalized spacial score (nSPS) is 12.1. The lowest BCUT2D eigenvalue weighted by molar-refractivity contribution is -0.159. The van der Waals surface area contributed by atoms with Crippen LogP contribution in [0.15, 0.2) is 71.3 Å². The average molecular weight is 494 g/mol. The molecule has 11 heteroatoms. The van der Waals surface area contributed by atoms with Crippen molar-refractivity contribution in [2.24, 2.45) is 0 Å². The SMILES string of the molecule is Cc1ccc(C(=O)O[C@@H](C(=O)O)[C@@H](OC(=O)c2ccc(C)cc2)C(=O)NNC(=O)c2ccco2)cc1. The third kappa shape index (κ3) is 6.56. The Balaban J connectivity index is 1.83. The van der Waals surface area contributed by atoms with Crippen molar-refractivity contribution in [3.63, 3.8) is 0 Å². The summed E-state index contributed by atoms with van der Waals surface area (Å²) in [5.74, 6) is -6.15. The first-order valence-corrected chi connectivity index (χ1v) is 10.6. The van der Waals surface area contributed by atoms with Crippen molar-refractivity contribution in [2.45, 2.75) is 26.1 Å². The molecule has 2 aromatic carbocycles. The first-order chi connectivity index (χ1) is 17.2. The minimum Gasteiger partial charge on any atom is -0.478 e. The molecule has 2 atom stereocenters. The third-order valence-corrected chi connectivity index (χ3v) is 4.86. The van der Waals surface area contributed by atoms with Crippen molar-refractivity contribution in [3.8, 4) is 0 Å². The number of esters is 2. The summed E-state index contributed by atoms with van der Waals surface area (Å²) < 4.78 is 15.1. The number of carboxylic acids is 1. The molecule has 0 radical (unpaired) electrons. The van der Waals surface area contributed by atoms with Crippen LogP contribution in [-0.2, 0) is 19.1 Å². The monoisotopic (exact) mass is 494 g/mol. The van der Waals surface area contributed by atoms with Crippen LogP contribution in [0.5, 0.6) is 0 Å². The van der Waals surface area contributed by atoms with Crippen molar-refractivity contribution < 1.29 is 43.0 Å². The molecule has 186 valence electrons. The van der Waals surface area contributed by atoms with E-state index in [1.54, 1.807) is 38.1 Å². The number of rotatable bonds is 8. The second-order valence-corrected chi connectivity index (χ2v) is 7.64. The molecule has 0 aliphatic carbocycles. The Kier molecular flexibility index (Phi) is 8.18. The topological polar surface area (TPSA) is 161 Å². The predicted molar refractivity (Wildman–Crippen MR) is 123 cm³/mol. The van der Waals surface area contributed by atoms with Gasteiger partial charge in [-0.25, -0.2) is 14.4 Å². The maximum absolute atomic E-state index is 12.9. The third-order valence-electron chi connectivity index (χ3n) is 4.86. The highest BCUT2D eigenvalue weighted by atomic mass is 16.6. The van der Waals surface area contributed by atoms with Gasteiger partial charge in [-0.2, -0.15) is 0 Å². The van der Waals surface area contributed by atoms with Crippen molar-refractivity contribution in [3.05, 3.63) is 94.9 Å². The van der Waals surface area contributed by atoms with Gasteiger partial charge in [-0.1, -0.05) is 35.4 Å². The molecule has 0 bridgehead atoms. The molecule has 0 saturated heterocycles. The number of ether oxygens (including phenoxy) is 2. The zero-order valence-electron chi connectivity index (χ0n) is 19.2. The molecule has 11 nitrogen and oxygen atoms in total. The number of carbonyl (C=O) groups excluding carboxylic acids is 4. The molecule has 0 fully saturated rings. The lowest BCUT2D eigenvalue weighted by atomic mass is 10.1. The molecule has 0 unspecified atom stereocenters. The lowest BCUT2D eigenvalue weighted by Crippen LogP contribution is -2.54. The Morgan fingerprint density at radius 2 is 1.25 bits per heavy atom. The van der Waals surface area contributed by atoms with Gasteiger partial charge < -0.3 is 19.0 Å². The summed E-state index contributed by atoms with van der Waals surface area (Å²) in [5, 5.41) is 9.73. The number of amides is 2. The van der Waals surface area contributed by atoms with Crippen LogP contribution < -0.4 is 10.9 Å². The Bertz CT molecular complexity index is 1250. The van der Waals surface area contributed by atoms with Gasteiger partial charge in [0.2, 0.25) is 12.2 Å². The molecule has 3 aromatic rings. The maximum atomic E-state index is 12.9. The molecule has 0 spiro atoms. The summed E-state index contributed by atoms with van der Waals surface area (Å²) >= 11 is 0. The van der Waals surface area contributed by atoms with Gasteiger partial charge in [0.25, 0.3) is 5.91 Å². The van der Waals surface area contributed by atoms with E-state index in [0.29, 0.717) is 0 Å². The average Bonchev–Trinajstić information content (AvgIpc) is 3.40. The fraction of sp³-hybridized carbons (Fsp3) is 0.160. The Labute approximate surface area is 205 Å². The minimum absolute atomic E-state index is 0.0157. The van der Waals surface area contributed by atoms with Crippen LogP contribution in [0.1, 0.15) is 42.4 Å². The Morgan fingerprint density at radius 1 is 0.750 bits per heavy atom. The largest absolute Gasteiger partial charge is 0.478 e. The van der Waals surface area contributed by atoms with Gasteiger partial charge in [0.15, 0.2) is 5.76 Å². The van der Waals surface area contributed by atoms with E-state index in [1.165, 1.54) is 42.7 Å². The zero-order chi connectivity index (χ0) is 26.2. The van der Waals surface area contributed by atoms with Crippen LogP contribution in [0.2, 0.25) is 0 Å². The first-order valence-electron chi connectivity index (χ1n) is 10.6. The van der Waals surface area contributed by atoms with Crippen LogP contribution in [0.25, 0.3) is 0 Å². The summed E-state index contributed by atoms with van der Waals surface area (Å²) in [6.45, 7) is 3.58. The van der Waals surface area contributed by atoms with Crippen molar-refractivity contribution in [1.29, 1.82) is 0 Å². The summed E-state index contributed by atoms with van der Waals surface area (Å²) in [7, 11) is 0. The molecule has 1 aromatic heterocycles. The second-order valence-electron chi connectivity index (χ2n) is 7.64. The summed E-state index contributed by atoms with van der Waals surface area (Å²) in [5.41, 5.74) is 5.70. The zero-order valence-corrected chi connectivity index (χ0v) is 19.2. The highest BCUT2D eigenvalue weighted by Crippen LogP contribution is 2.14. The van der Waals surface area contributed by atoms with Crippen LogP contribution >= 0.6 is 0 Å². The second kappa shape index (κ2) is 11.5. The summed E-state index contributed by atoms with van der Waals surface area (Å²) in [6.07, 6.45) is -3.18. The van der Waals surface area contributed by atoms with E-state index in [1.807, 2.05) is 10.9 Å². The Hall–Kier alpha value is -4.93. The first kappa shape index (κ1) is 25.7. The van der Waals surface area contributed by atoms with Gasteiger partial charge in [0.1, 0.15) is 0 Å². The number of benzene rings is 2. The highest BCUT2D eigenvalue weighted by molar-refractivity contribution is 5.98. The van der Waals surface area contributed by atoms with Crippen molar-refractivity contribution in [1.82, 2.24) is 10.9 Å². The van der Waals surface area contributed by atoms with E-state index < -0.39 is 41.9 Å². The number of nitrogens with one attached hydrogen (secondary N) is 2. The molecule has 3 rings (SSSR count). The molecule has 1 heterocycles. The predicted octanol–water partition coefficient (Wildman–Crippen LogP) is 2.19. The highest BCUT2D eigenvalue weighted by Gasteiger charge is 2.41. The number of carboxylic acid groups (broad SMARTS) is 1. The van der Waals surface area contributed by atoms with Crippen molar-refractivity contribution >= 4 is 29.7 Å². The van der Waals surface area contributed by atoms with Crippen LogP contribution in [0.3, 0.4) is 0 Å². The lowest BCUT2D eigenvalue weighted by Gasteiger charge is -2.23. The quantitative estimate of drug-likeness (QED) is 0.315. The van der Waals surface area contributed by atoms with Gasteiger partial charge in [-0.05, 0) is 50.2 Å². The number of hydrogen-bond acceptors (Lipinski definition) is 8. The Morgan fingerprint density at radius 3 is 1.69 bits per heavy atom. The smallest absolute Gasteiger partial charge is 0.349 e. The summed E-state index contributed by atoms with van der Waals surface area (Å²) in [6, 6.07) is 14.9. The molecular weight excluding hydrogens is 472 g/mol. The number of hydrazine groups is 1. The number of aliphatic carboxylic acids is 1. The molecular formula is C25H22N2O9. The number of furan rings is 1. The van der Waals surface area contributed by atoms with Crippen LogP contribution in [-0.4, -0.2) is 47.0 Å². The molecule has 2 amide bonds. The maximum Gasteiger partial charge on any atom is 0.349 e. The van der Waals surface area contributed by atoms with Gasteiger partial charge in [0, 0.05) is 0 Å². The van der Waals surface area contributed by atoms with E-state index in [2.05, 4.69) is 0 Å². The molecule has 0 aliphatic heterocycles. The molecule has 3 N–H and O–H groups in total. The number of aryl methyl sites for hydroxylation is 2. The van der Waals surface area contributed by atoms with Gasteiger partial charge >= 0.3 is 23.8 Å². The minimum atomic E-state index is -2.24. The molecule has 0 saturated carbocycles. The van der Waals surface area contributed by atoms with Crippen LogP contribution in [0.4, 0.5) is 0 Å². The van der Waals surface area contributed by atoms with E-state index >= 15 is 0 Å². The molecule has 36 heavy (non-hydrogen) atoms. The van der Waals surface area contributed by atoms with Gasteiger partial charge in [-0.15, -0.1) is 0 Å². The number of carbonyl (C=O) groups is 5. The fourth-order valence-corrected chi connectivity index (χ4v) is 2.90. The van der Waals surface area contributed by atoms with Gasteiger partial charge in [0.05, 0.1) is 17.4 Å².